The molecule has 14 heteroatoms. The van der Waals surface area contributed by atoms with Crippen LogP contribution in [0.5, 0.6) is 0 Å². The third-order valence-electron chi connectivity index (χ3n) is 7.00. The van der Waals surface area contributed by atoms with Gasteiger partial charge in [-0.05, 0) is 75.2 Å². The molecule has 0 saturated carbocycles. The van der Waals surface area contributed by atoms with Gasteiger partial charge in [0, 0.05) is 45.0 Å². The van der Waals surface area contributed by atoms with E-state index in [4.69, 9.17) is 46.4 Å². The lowest BCUT2D eigenvalue weighted by Crippen LogP contribution is -2.58. The number of hydrogen-bond donors (Lipinski definition) is 3. The molecule has 4 rings (SSSR count). The van der Waals surface area contributed by atoms with Crippen LogP contribution in [0.4, 0.5) is 21.0 Å². The summed E-state index contributed by atoms with van der Waals surface area (Å²) in [6.45, 7) is 3.75. The van der Waals surface area contributed by atoms with Crippen LogP contribution in [0.3, 0.4) is 0 Å². The molecule has 1 aliphatic heterocycles. The van der Waals surface area contributed by atoms with Gasteiger partial charge >= 0.3 is 12.1 Å². The molecule has 3 aromatic rings. The minimum absolute atomic E-state index is 0.156. The second-order valence-corrected chi connectivity index (χ2v) is 12.2. The van der Waals surface area contributed by atoms with Gasteiger partial charge in [-0.2, -0.15) is 10.2 Å². The standard InChI is InChI=1S/C30H30Cl4N6O4/c1-30(2)27(40(44)28(42)36-23-9-5-7-20(31)15-23)39(24-10-6-8-21(32)16-24)29(43)38(30)14-4-3-11-26(41)37-35-18-19-12-13-22(33)17-25(19)34/h5-10,12-13,15-18,27,44H,3-4,11,14H2,1-2H3,(H,36,42)(H,37,41)/b35-18-. The number of rotatable bonds is 10. The zero-order valence-electron chi connectivity index (χ0n) is 23.8. The summed E-state index contributed by atoms with van der Waals surface area (Å²) in [5.74, 6) is -0.309. The Morgan fingerprint density at radius 1 is 0.977 bits per heavy atom. The zero-order valence-corrected chi connectivity index (χ0v) is 26.8. The third kappa shape index (κ3) is 7.94. The first-order chi connectivity index (χ1) is 20.9. The molecule has 1 fully saturated rings. The Labute approximate surface area is 275 Å². The van der Waals surface area contributed by atoms with Crippen molar-refractivity contribution in [3.05, 3.63) is 92.4 Å². The summed E-state index contributed by atoms with van der Waals surface area (Å²) in [7, 11) is 0. The zero-order chi connectivity index (χ0) is 32.0. The number of urea groups is 2. The minimum Gasteiger partial charge on any atom is -0.315 e. The number of hydrogen-bond acceptors (Lipinski definition) is 5. The summed E-state index contributed by atoms with van der Waals surface area (Å²) in [5, 5.41) is 19.9. The number of anilines is 2. The van der Waals surface area contributed by atoms with Crippen LogP contribution in [0.1, 0.15) is 38.7 Å². The molecular weight excluding hydrogens is 650 g/mol. The number of hydrazone groups is 1. The fraction of sp³-hybridized carbons (Fsp3) is 0.267. The van der Waals surface area contributed by atoms with E-state index >= 15 is 0 Å². The number of nitrogens with zero attached hydrogens (tertiary/aromatic N) is 4. The molecule has 3 aromatic carbocycles. The summed E-state index contributed by atoms with van der Waals surface area (Å²) >= 11 is 24.3. The first-order valence-electron chi connectivity index (χ1n) is 13.6. The Morgan fingerprint density at radius 2 is 1.66 bits per heavy atom. The van der Waals surface area contributed by atoms with Gasteiger partial charge in [-0.15, -0.1) is 0 Å². The van der Waals surface area contributed by atoms with Crippen molar-refractivity contribution in [1.29, 1.82) is 0 Å². The molecule has 1 unspecified atom stereocenters. The second kappa shape index (κ2) is 14.5. The first kappa shape index (κ1) is 33.4. The van der Waals surface area contributed by atoms with Crippen molar-refractivity contribution in [3.8, 4) is 0 Å². The predicted octanol–water partition coefficient (Wildman–Crippen LogP) is 7.89. The molecule has 0 aliphatic carbocycles. The molecule has 1 saturated heterocycles. The van der Waals surface area contributed by atoms with E-state index in [0.29, 0.717) is 54.9 Å². The average molecular weight is 680 g/mol. The van der Waals surface area contributed by atoms with E-state index in [0.717, 1.165) is 0 Å². The number of hydroxylamine groups is 2. The number of benzene rings is 3. The van der Waals surface area contributed by atoms with E-state index in [1.165, 1.54) is 17.2 Å². The minimum atomic E-state index is -1.13. The molecule has 10 nitrogen and oxygen atoms in total. The largest absolute Gasteiger partial charge is 0.347 e. The third-order valence-corrected chi connectivity index (χ3v) is 8.03. The predicted molar refractivity (Wildman–Crippen MR) is 174 cm³/mol. The summed E-state index contributed by atoms with van der Waals surface area (Å²) in [6, 6.07) is 16.7. The number of unbranched alkanes of at least 4 members (excludes halogenated alkanes) is 1. The fourth-order valence-electron chi connectivity index (χ4n) is 4.86. The van der Waals surface area contributed by atoms with Gasteiger partial charge in [0.05, 0.1) is 16.8 Å². The Bertz CT molecular complexity index is 1570. The van der Waals surface area contributed by atoms with E-state index < -0.39 is 23.8 Å². The topological polar surface area (TPSA) is 118 Å². The van der Waals surface area contributed by atoms with Crippen LogP contribution in [0.25, 0.3) is 0 Å². The van der Waals surface area contributed by atoms with Gasteiger partial charge < -0.3 is 10.2 Å². The SMILES string of the molecule is CC1(C)C(N(O)C(=O)Nc2cccc(Cl)c2)N(c2cccc(Cl)c2)C(=O)N1CCCCC(=O)N/N=C\c1ccc(Cl)cc1Cl. The van der Waals surface area contributed by atoms with Gasteiger partial charge in [0.2, 0.25) is 5.91 Å². The summed E-state index contributed by atoms with van der Waals surface area (Å²) in [6.07, 6.45) is 1.36. The van der Waals surface area contributed by atoms with Gasteiger partial charge in [-0.25, -0.2) is 15.0 Å². The van der Waals surface area contributed by atoms with Crippen LogP contribution in [-0.4, -0.2) is 57.6 Å². The Morgan fingerprint density at radius 3 is 2.34 bits per heavy atom. The molecule has 1 heterocycles. The molecule has 3 N–H and O–H groups in total. The molecule has 1 atom stereocenters. The maximum Gasteiger partial charge on any atom is 0.347 e. The lowest BCUT2D eigenvalue weighted by Gasteiger charge is -2.38. The number of carbonyl (C=O) groups excluding carboxylic acids is 3. The molecule has 5 amide bonds. The number of nitrogens with one attached hydrogen (secondary N) is 2. The van der Waals surface area contributed by atoms with Crippen molar-refractivity contribution < 1.29 is 19.6 Å². The van der Waals surface area contributed by atoms with E-state index in [9.17, 15) is 19.6 Å². The highest BCUT2D eigenvalue weighted by molar-refractivity contribution is 6.36. The monoisotopic (exact) mass is 678 g/mol. The van der Waals surface area contributed by atoms with Gasteiger partial charge in [-0.1, -0.05) is 64.6 Å². The first-order valence-corrected chi connectivity index (χ1v) is 15.1. The smallest absolute Gasteiger partial charge is 0.315 e. The molecule has 44 heavy (non-hydrogen) atoms. The van der Waals surface area contributed by atoms with Crippen molar-refractivity contribution in [2.75, 3.05) is 16.8 Å². The fourth-order valence-corrected chi connectivity index (χ4v) is 5.69. The van der Waals surface area contributed by atoms with Crippen molar-refractivity contribution in [3.63, 3.8) is 0 Å². The maximum atomic E-state index is 13.8. The van der Waals surface area contributed by atoms with Crippen molar-refractivity contribution >= 4 is 82.0 Å². The van der Waals surface area contributed by atoms with Gasteiger partial charge in [0.25, 0.3) is 0 Å². The Kier molecular flexibility index (Phi) is 11.0. The Balaban J connectivity index is 1.43. The number of amides is 5. The molecule has 0 spiro atoms. The maximum absolute atomic E-state index is 13.8. The second-order valence-electron chi connectivity index (χ2n) is 10.5. The molecular formula is C30H30Cl4N6O4. The lowest BCUT2D eigenvalue weighted by atomic mass is 9.99. The summed E-state index contributed by atoms with van der Waals surface area (Å²) < 4.78 is 0. The Hall–Kier alpha value is -3.54. The quantitative estimate of drug-likeness (QED) is 0.0874. The van der Waals surface area contributed by atoms with Crippen LogP contribution in [-0.2, 0) is 4.79 Å². The molecule has 1 aliphatic rings. The van der Waals surface area contributed by atoms with E-state index in [1.807, 2.05) is 0 Å². The van der Waals surface area contributed by atoms with E-state index in [-0.39, 0.29) is 18.9 Å². The van der Waals surface area contributed by atoms with Gasteiger partial charge in [0.15, 0.2) is 6.17 Å². The summed E-state index contributed by atoms with van der Waals surface area (Å²) in [5.41, 5.74) is 2.77. The van der Waals surface area contributed by atoms with Gasteiger partial charge in [0.1, 0.15) is 0 Å². The van der Waals surface area contributed by atoms with Crippen LogP contribution >= 0.6 is 46.4 Å². The highest BCUT2D eigenvalue weighted by Gasteiger charge is 2.55. The van der Waals surface area contributed by atoms with Gasteiger partial charge in [-0.3, -0.25) is 14.9 Å². The van der Waals surface area contributed by atoms with Crippen LogP contribution in [0.2, 0.25) is 20.1 Å². The molecule has 0 bridgehead atoms. The van der Waals surface area contributed by atoms with E-state index in [1.54, 1.807) is 79.4 Å². The van der Waals surface area contributed by atoms with Crippen LogP contribution in [0.15, 0.2) is 71.8 Å². The number of halogens is 4. The van der Waals surface area contributed by atoms with Crippen molar-refractivity contribution in [2.24, 2.45) is 5.10 Å². The normalized spacial score (nSPS) is 16.0. The highest BCUT2D eigenvalue weighted by Crippen LogP contribution is 2.39. The van der Waals surface area contributed by atoms with Crippen molar-refractivity contribution in [1.82, 2.24) is 15.4 Å². The van der Waals surface area contributed by atoms with Crippen LogP contribution in [0, 0.1) is 0 Å². The molecule has 232 valence electrons. The molecule has 0 aromatic heterocycles. The lowest BCUT2D eigenvalue weighted by molar-refractivity contribution is -0.121. The highest BCUT2D eigenvalue weighted by atomic mass is 35.5. The average Bonchev–Trinajstić information content (AvgIpc) is 3.16. The van der Waals surface area contributed by atoms with E-state index in [2.05, 4.69) is 15.8 Å². The van der Waals surface area contributed by atoms with Crippen molar-refractivity contribution in [2.45, 2.75) is 44.8 Å². The summed E-state index contributed by atoms with van der Waals surface area (Å²) in [4.78, 5) is 42.2. The number of carbonyl (C=O) groups is 3. The van der Waals surface area contributed by atoms with Crippen LogP contribution < -0.4 is 15.6 Å². The molecule has 0 radical (unpaired) electrons.